The highest BCUT2D eigenvalue weighted by molar-refractivity contribution is 8.03. The maximum absolute atomic E-state index is 14.3. The number of thioether (sulfide) groups is 1. The number of allylic oxidation sites excluding steroid dienone is 1. The largest absolute Gasteiger partial charge is 0.325 e. The van der Waals surface area contributed by atoms with E-state index in [-0.39, 0.29) is 39.1 Å². The van der Waals surface area contributed by atoms with Crippen molar-refractivity contribution in [3.63, 3.8) is 0 Å². The van der Waals surface area contributed by atoms with Crippen LogP contribution in [0.1, 0.15) is 37.2 Å². The van der Waals surface area contributed by atoms with Crippen molar-refractivity contribution in [2.45, 2.75) is 36.5 Å². The smallest absolute Gasteiger partial charge is 0.243 e. The molecular formula is C25H25FN4O4S2. The average Bonchev–Trinajstić information content (AvgIpc) is 2.88. The SMILES string of the molecule is N#CC1=C(SCC(=O)Nc2cccc(S(=O)(=O)N3CCCCC3)c2)NC(=O)C[C@H]1c1ccccc1F. The summed E-state index contributed by atoms with van der Waals surface area (Å²) < 4.78 is 41.7. The average molecular weight is 529 g/mol. The number of carbonyl (C=O) groups excluding carboxylic acids is 2. The second kappa shape index (κ2) is 11.2. The third kappa shape index (κ3) is 5.78. The van der Waals surface area contributed by atoms with Crippen LogP contribution in [0, 0.1) is 17.1 Å². The monoisotopic (exact) mass is 528 g/mol. The molecule has 1 atom stereocenters. The number of benzene rings is 2. The number of piperidine rings is 1. The van der Waals surface area contributed by atoms with Crippen LogP contribution < -0.4 is 10.6 Å². The van der Waals surface area contributed by atoms with Crippen molar-refractivity contribution >= 4 is 39.3 Å². The van der Waals surface area contributed by atoms with E-state index in [1.165, 1.54) is 34.6 Å². The van der Waals surface area contributed by atoms with Crippen LogP contribution in [-0.2, 0) is 19.6 Å². The maximum Gasteiger partial charge on any atom is 0.243 e. The van der Waals surface area contributed by atoms with Crippen molar-refractivity contribution in [2.24, 2.45) is 0 Å². The summed E-state index contributed by atoms with van der Waals surface area (Å²) in [5.74, 6) is -2.22. The summed E-state index contributed by atoms with van der Waals surface area (Å²) in [5, 5.41) is 15.2. The Morgan fingerprint density at radius 2 is 1.92 bits per heavy atom. The third-order valence-electron chi connectivity index (χ3n) is 6.05. The first-order chi connectivity index (χ1) is 17.3. The maximum atomic E-state index is 14.3. The van der Waals surface area contributed by atoms with Crippen LogP contribution in [0.15, 0.2) is 64.0 Å². The fourth-order valence-electron chi connectivity index (χ4n) is 4.28. The van der Waals surface area contributed by atoms with E-state index in [0.29, 0.717) is 18.8 Å². The third-order valence-corrected chi connectivity index (χ3v) is 8.97. The summed E-state index contributed by atoms with van der Waals surface area (Å²) in [6, 6.07) is 14.1. The molecule has 11 heteroatoms. The van der Waals surface area contributed by atoms with Gasteiger partial charge < -0.3 is 10.6 Å². The predicted octanol–water partition coefficient (Wildman–Crippen LogP) is 3.71. The highest BCUT2D eigenvalue weighted by atomic mass is 32.2. The van der Waals surface area contributed by atoms with Crippen LogP contribution in [-0.4, -0.2) is 43.4 Å². The van der Waals surface area contributed by atoms with Gasteiger partial charge in [-0.3, -0.25) is 9.59 Å². The second-order valence-corrected chi connectivity index (χ2v) is 11.4. The van der Waals surface area contributed by atoms with Crippen molar-refractivity contribution in [2.75, 3.05) is 24.2 Å². The van der Waals surface area contributed by atoms with E-state index in [1.54, 1.807) is 18.2 Å². The zero-order valence-corrected chi connectivity index (χ0v) is 21.0. The zero-order chi connectivity index (χ0) is 25.7. The quantitative estimate of drug-likeness (QED) is 0.566. The molecular weight excluding hydrogens is 503 g/mol. The molecule has 0 radical (unpaired) electrons. The molecule has 8 nitrogen and oxygen atoms in total. The van der Waals surface area contributed by atoms with Gasteiger partial charge in [-0.1, -0.05) is 42.4 Å². The molecule has 0 aromatic heterocycles. The number of nitrogens with one attached hydrogen (secondary N) is 2. The number of amides is 2. The van der Waals surface area contributed by atoms with Gasteiger partial charge >= 0.3 is 0 Å². The lowest BCUT2D eigenvalue weighted by Crippen LogP contribution is -2.35. The molecule has 0 aliphatic carbocycles. The van der Waals surface area contributed by atoms with E-state index in [2.05, 4.69) is 16.7 Å². The van der Waals surface area contributed by atoms with E-state index in [1.807, 2.05) is 0 Å². The lowest BCUT2D eigenvalue weighted by atomic mass is 9.87. The molecule has 36 heavy (non-hydrogen) atoms. The normalized spacial score (nSPS) is 18.9. The number of nitriles is 1. The van der Waals surface area contributed by atoms with E-state index in [4.69, 9.17) is 0 Å². The molecule has 0 spiro atoms. The Morgan fingerprint density at radius 3 is 2.64 bits per heavy atom. The standard InChI is InChI=1S/C25H25FN4O4S2/c26-22-10-3-2-9-19(22)20-14-23(31)29-25(21(20)15-27)35-16-24(32)28-17-7-6-8-18(13-17)36(33,34)30-11-4-1-5-12-30/h2-3,6-10,13,20H,1,4-5,11-12,14,16H2,(H,28,32)(H,29,31)/t20-/m0/s1. The van der Waals surface area contributed by atoms with Crippen molar-refractivity contribution in [3.05, 3.63) is 70.5 Å². The van der Waals surface area contributed by atoms with Gasteiger partial charge in [0.1, 0.15) is 5.82 Å². The number of sulfonamides is 1. The lowest BCUT2D eigenvalue weighted by molar-refractivity contribution is -0.121. The highest BCUT2D eigenvalue weighted by Gasteiger charge is 2.31. The van der Waals surface area contributed by atoms with Crippen LogP contribution >= 0.6 is 11.8 Å². The van der Waals surface area contributed by atoms with Gasteiger partial charge in [-0.2, -0.15) is 9.57 Å². The number of anilines is 1. The fraction of sp³-hybridized carbons (Fsp3) is 0.320. The van der Waals surface area contributed by atoms with Gasteiger partial charge in [-0.25, -0.2) is 12.8 Å². The molecule has 1 fully saturated rings. The van der Waals surface area contributed by atoms with E-state index in [9.17, 15) is 27.7 Å². The van der Waals surface area contributed by atoms with Gasteiger partial charge in [-0.15, -0.1) is 0 Å². The molecule has 2 aromatic rings. The number of hydrogen-bond acceptors (Lipinski definition) is 6. The van der Waals surface area contributed by atoms with Crippen LogP contribution in [0.25, 0.3) is 0 Å². The van der Waals surface area contributed by atoms with Crippen LogP contribution in [0.5, 0.6) is 0 Å². The molecule has 2 aliphatic heterocycles. The van der Waals surface area contributed by atoms with Crippen molar-refractivity contribution in [3.8, 4) is 6.07 Å². The molecule has 2 N–H and O–H groups in total. The highest BCUT2D eigenvalue weighted by Crippen LogP contribution is 2.37. The number of rotatable bonds is 7. The van der Waals surface area contributed by atoms with Crippen molar-refractivity contribution in [1.82, 2.24) is 9.62 Å². The van der Waals surface area contributed by atoms with Crippen LogP contribution in [0.4, 0.5) is 10.1 Å². The number of nitrogens with zero attached hydrogens (tertiary/aromatic N) is 2. The summed E-state index contributed by atoms with van der Waals surface area (Å²) in [6.07, 6.45) is 2.58. The molecule has 4 rings (SSSR count). The Morgan fingerprint density at radius 1 is 1.17 bits per heavy atom. The Kier molecular flexibility index (Phi) is 8.08. The van der Waals surface area contributed by atoms with Gasteiger partial charge in [0, 0.05) is 31.1 Å². The summed E-state index contributed by atoms with van der Waals surface area (Å²) >= 11 is 0.962. The lowest BCUT2D eigenvalue weighted by Gasteiger charge is -2.26. The van der Waals surface area contributed by atoms with E-state index < -0.39 is 27.7 Å². The molecule has 0 saturated carbocycles. The molecule has 1 saturated heterocycles. The molecule has 2 aliphatic rings. The van der Waals surface area contributed by atoms with Gasteiger partial charge in [0.25, 0.3) is 0 Å². The summed E-state index contributed by atoms with van der Waals surface area (Å²) in [4.78, 5) is 25.0. The topological polar surface area (TPSA) is 119 Å². The van der Waals surface area contributed by atoms with Gasteiger partial charge in [0.15, 0.2) is 0 Å². The summed E-state index contributed by atoms with van der Waals surface area (Å²) in [5.41, 5.74) is 0.760. The zero-order valence-electron chi connectivity index (χ0n) is 19.4. The van der Waals surface area contributed by atoms with Gasteiger partial charge in [0.05, 0.1) is 27.3 Å². The number of carbonyl (C=O) groups is 2. The minimum Gasteiger partial charge on any atom is -0.325 e. The minimum absolute atomic E-state index is 0.0711. The first-order valence-corrected chi connectivity index (χ1v) is 13.9. The summed E-state index contributed by atoms with van der Waals surface area (Å²) in [7, 11) is -3.65. The fourth-order valence-corrected chi connectivity index (χ4v) is 6.72. The molecule has 0 unspecified atom stereocenters. The number of halogens is 1. The Labute approximate surface area is 213 Å². The Bertz CT molecular complexity index is 1350. The first-order valence-electron chi connectivity index (χ1n) is 11.5. The summed E-state index contributed by atoms with van der Waals surface area (Å²) in [6.45, 7) is 0.955. The van der Waals surface area contributed by atoms with Crippen LogP contribution in [0.3, 0.4) is 0 Å². The molecule has 188 valence electrons. The van der Waals surface area contributed by atoms with E-state index >= 15 is 0 Å². The van der Waals surface area contributed by atoms with Crippen LogP contribution in [0.2, 0.25) is 0 Å². The predicted molar refractivity (Wildman–Crippen MR) is 135 cm³/mol. The Balaban J connectivity index is 1.46. The van der Waals surface area contributed by atoms with Gasteiger partial charge in [0.2, 0.25) is 21.8 Å². The minimum atomic E-state index is -3.65. The number of hydrogen-bond donors (Lipinski definition) is 2. The Hall–Kier alpha value is -3.20. The van der Waals surface area contributed by atoms with Crippen molar-refractivity contribution < 1.29 is 22.4 Å². The molecule has 2 aromatic carbocycles. The first kappa shape index (κ1) is 25.9. The van der Waals surface area contributed by atoms with E-state index in [0.717, 1.165) is 31.0 Å². The second-order valence-electron chi connectivity index (χ2n) is 8.51. The van der Waals surface area contributed by atoms with Gasteiger partial charge in [-0.05, 0) is 42.7 Å². The van der Waals surface area contributed by atoms with Crippen molar-refractivity contribution in [1.29, 1.82) is 5.26 Å². The molecule has 0 bridgehead atoms. The molecule has 2 heterocycles. The molecule has 2 amide bonds.